The third kappa shape index (κ3) is 2.24. The Morgan fingerprint density at radius 3 is 2.45 bits per heavy atom. The second kappa shape index (κ2) is 5.62. The standard InChI is InChI=1S/C16H18O6/c1-20-13-4-8(5-14(21-2)15(13)19)10-6-12-11(18)3-9(7-17)16(10)22-12/h3-5,10,12,16-17,19H,6-7H2,1-2H3/t10-,12+,16-/m1/s1. The van der Waals surface area contributed by atoms with Crippen molar-refractivity contribution in [2.75, 3.05) is 20.8 Å². The summed E-state index contributed by atoms with van der Waals surface area (Å²) in [5.41, 5.74) is 1.42. The van der Waals surface area contributed by atoms with Gasteiger partial charge in [-0.25, -0.2) is 0 Å². The van der Waals surface area contributed by atoms with Crippen LogP contribution in [0.1, 0.15) is 17.9 Å². The van der Waals surface area contributed by atoms with Crippen molar-refractivity contribution in [2.45, 2.75) is 24.5 Å². The molecule has 2 heterocycles. The molecule has 118 valence electrons. The minimum atomic E-state index is -0.476. The van der Waals surface area contributed by atoms with E-state index in [0.29, 0.717) is 23.5 Å². The molecule has 2 N–H and O–H groups in total. The number of aliphatic hydroxyl groups is 1. The summed E-state index contributed by atoms with van der Waals surface area (Å²) >= 11 is 0. The first-order valence-corrected chi connectivity index (χ1v) is 7.04. The van der Waals surface area contributed by atoms with Gasteiger partial charge in [0.25, 0.3) is 0 Å². The Morgan fingerprint density at radius 1 is 1.27 bits per heavy atom. The van der Waals surface area contributed by atoms with Gasteiger partial charge in [-0.2, -0.15) is 0 Å². The van der Waals surface area contributed by atoms with Crippen LogP contribution < -0.4 is 9.47 Å². The fourth-order valence-corrected chi connectivity index (χ4v) is 3.14. The van der Waals surface area contributed by atoms with E-state index in [-0.39, 0.29) is 30.2 Å². The number of rotatable bonds is 4. The second-order valence-electron chi connectivity index (χ2n) is 5.44. The predicted molar refractivity (Wildman–Crippen MR) is 77.4 cm³/mol. The topological polar surface area (TPSA) is 85.2 Å². The molecule has 6 nitrogen and oxygen atoms in total. The molecule has 1 saturated heterocycles. The molecular weight excluding hydrogens is 288 g/mol. The van der Waals surface area contributed by atoms with Crippen LogP contribution in [0.5, 0.6) is 17.2 Å². The normalized spacial score (nSPS) is 26.8. The van der Waals surface area contributed by atoms with Crippen molar-refractivity contribution >= 4 is 5.78 Å². The van der Waals surface area contributed by atoms with E-state index in [1.54, 1.807) is 12.1 Å². The highest BCUT2D eigenvalue weighted by Gasteiger charge is 2.44. The number of methoxy groups -OCH3 is 2. The fraction of sp³-hybridized carbons (Fsp3) is 0.438. The van der Waals surface area contributed by atoms with Crippen LogP contribution in [0.25, 0.3) is 0 Å². The summed E-state index contributed by atoms with van der Waals surface area (Å²) in [6.07, 6.45) is 1.19. The van der Waals surface area contributed by atoms with E-state index in [0.717, 1.165) is 5.56 Å². The molecule has 0 aromatic heterocycles. The van der Waals surface area contributed by atoms with Crippen LogP contribution in [0.4, 0.5) is 0 Å². The Hall–Kier alpha value is -2.05. The molecule has 22 heavy (non-hydrogen) atoms. The molecule has 2 bridgehead atoms. The van der Waals surface area contributed by atoms with Crippen LogP contribution in [0.3, 0.4) is 0 Å². The molecule has 3 rings (SSSR count). The zero-order valence-corrected chi connectivity index (χ0v) is 12.4. The van der Waals surface area contributed by atoms with Crippen LogP contribution in [0.15, 0.2) is 23.8 Å². The van der Waals surface area contributed by atoms with Gasteiger partial charge in [0.1, 0.15) is 6.10 Å². The van der Waals surface area contributed by atoms with Crippen molar-refractivity contribution < 1.29 is 29.2 Å². The number of carbonyl (C=O) groups excluding carboxylic acids is 1. The maximum absolute atomic E-state index is 11.9. The smallest absolute Gasteiger partial charge is 0.200 e. The Morgan fingerprint density at radius 2 is 1.91 bits per heavy atom. The first-order valence-electron chi connectivity index (χ1n) is 7.04. The molecule has 0 radical (unpaired) electrons. The summed E-state index contributed by atoms with van der Waals surface area (Å²) in [5.74, 6) is 0.330. The molecule has 1 aromatic carbocycles. The molecule has 0 aliphatic carbocycles. The monoisotopic (exact) mass is 306 g/mol. The number of ether oxygens (including phenoxy) is 3. The zero-order chi connectivity index (χ0) is 15.9. The number of benzene rings is 1. The molecular formula is C16H18O6. The third-order valence-electron chi connectivity index (χ3n) is 4.27. The molecule has 0 spiro atoms. The van der Waals surface area contributed by atoms with Gasteiger partial charge in [0.2, 0.25) is 5.75 Å². The Balaban J connectivity index is 2.02. The number of hydrogen-bond donors (Lipinski definition) is 2. The first-order chi connectivity index (χ1) is 10.6. The number of carbonyl (C=O) groups is 1. The number of fused-ring (bicyclic) bond motifs is 2. The van der Waals surface area contributed by atoms with E-state index in [1.807, 2.05) is 0 Å². The minimum Gasteiger partial charge on any atom is -0.502 e. The SMILES string of the molecule is COc1cc([C@H]2C[C@@H]3O[C@@H]2C(CO)=CC3=O)cc(OC)c1O. The van der Waals surface area contributed by atoms with Crippen LogP contribution in [0, 0.1) is 0 Å². The van der Waals surface area contributed by atoms with E-state index >= 15 is 0 Å². The van der Waals surface area contributed by atoms with Crippen molar-refractivity contribution in [3.63, 3.8) is 0 Å². The third-order valence-corrected chi connectivity index (χ3v) is 4.27. The van der Waals surface area contributed by atoms with Gasteiger partial charge < -0.3 is 24.4 Å². The molecule has 6 heteroatoms. The van der Waals surface area contributed by atoms with E-state index in [9.17, 15) is 15.0 Å². The maximum Gasteiger partial charge on any atom is 0.200 e. The summed E-state index contributed by atoms with van der Waals surface area (Å²) < 4.78 is 16.1. The molecule has 2 aliphatic heterocycles. The zero-order valence-electron chi connectivity index (χ0n) is 12.4. The predicted octanol–water partition coefficient (Wildman–Crippen LogP) is 1.15. The quantitative estimate of drug-likeness (QED) is 0.868. The summed E-state index contributed by atoms with van der Waals surface area (Å²) in [5, 5.41) is 19.4. The van der Waals surface area contributed by atoms with Gasteiger partial charge in [-0.3, -0.25) is 4.79 Å². The Kier molecular flexibility index (Phi) is 3.80. The van der Waals surface area contributed by atoms with E-state index in [2.05, 4.69) is 0 Å². The number of hydrogen-bond acceptors (Lipinski definition) is 6. The number of aliphatic hydroxyl groups excluding tert-OH is 1. The molecule has 2 aliphatic rings. The highest BCUT2D eigenvalue weighted by molar-refractivity contribution is 5.96. The van der Waals surface area contributed by atoms with Gasteiger partial charge in [0.15, 0.2) is 17.3 Å². The average molecular weight is 306 g/mol. The molecule has 0 unspecified atom stereocenters. The van der Waals surface area contributed by atoms with E-state index in [1.165, 1.54) is 20.3 Å². The van der Waals surface area contributed by atoms with E-state index < -0.39 is 6.10 Å². The summed E-state index contributed by atoms with van der Waals surface area (Å²) in [6.45, 7) is -0.216. The van der Waals surface area contributed by atoms with Crippen molar-refractivity contribution in [1.82, 2.24) is 0 Å². The lowest BCUT2D eigenvalue weighted by atomic mass is 9.88. The number of aromatic hydroxyl groups is 1. The van der Waals surface area contributed by atoms with Crippen molar-refractivity contribution in [1.29, 1.82) is 0 Å². The largest absolute Gasteiger partial charge is 0.502 e. The summed E-state index contributed by atoms with van der Waals surface area (Å²) in [7, 11) is 2.93. The van der Waals surface area contributed by atoms with Gasteiger partial charge in [-0.05, 0) is 35.8 Å². The molecule has 0 saturated carbocycles. The number of ketones is 1. The first kappa shape index (κ1) is 14.9. The van der Waals surface area contributed by atoms with Crippen LogP contribution in [-0.2, 0) is 9.53 Å². The number of phenols is 1. The lowest BCUT2D eigenvalue weighted by Crippen LogP contribution is -2.28. The second-order valence-corrected chi connectivity index (χ2v) is 5.44. The molecule has 1 fully saturated rings. The van der Waals surface area contributed by atoms with Gasteiger partial charge >= 0.3 is 0 Å². The molecule has 0 amide bonds. The molecule has 3 atom stereocenters. The average Bonchev–Trinajstić information content (AvgIpc) is 2.92. The highest BCUT2D eigenvalue weighted by atomic mass is 16.5. The number of phenolic OH excluding ortho intramolecular Hbond substituents is 1. The Bertz CT molecular complexity index is 611. The van der Waals surface area contributed by atoms with Gasteiger partial charge in [0, 0.05) is 5.92 Å². The fourth-order valence-electron chi connectivity index (χ4n) is 3.14. The van der Waals surface area contributed by atoms with E-state index in [4.69, 9.17) is 14.2 Å². The lowest BCUT2D eigenvalue weighted by Gasteiger charge is -2.23. The van der Waals surface area contributed by atoms with Crippen molar-refractivity contribution in [3.8, 4) is 17.2 Å². The Labute approximate surface area is 127 Å². The summed E-state index contributed by atoms with van der Waals surface area (Å²) in [4.78, 5) is 11.9. The highest BCUT2D eigenvalue weighted by Crippen LogP contribution is 2.46. The van der Waals surface area contributed by atoms with Crippen molar-refractivity contribution in [2.24, 2.45) is 0 Å². The van der Waals surface area contributed by atoms with Crippen LogP contribution >= 0.6 is 0 Å². The van der Waals surface area contributed by atoms with Gasteiger partial charge in [-0.15, -0.1) is 0 Å². The minimum absolute atomic E-state index is 0.0652. The van der Waals surface area contributed by atoms with Gasteiger partial charge in [0.05, 0.1) is 26.9 Å². The van der Waals surface area contributed by atoms with Crippen molar-refractivity contribution in [3.05, 3.63) is 29.3 Å². The molecule has 1 aromatic rings. The lowest BCUT2D eigenvalue weighted by molar-refractivity contribution is -0.126. The summed E-state index contributed by atoms with van der Waals surface area (Å²) in [6, 6.07) is 3.43. The van der Waals surface area contributed by atoms with Gasteiger partial charge in [-0.1, -0.05) is 0 Å². The van der Waals surface area contributed by atoms with Crippen LogP contribution in [0.2, 0.25) is 0 Å². The van der Waals surface area contributed by atoms with Crippen LogP contribution in [-0.4, -0.2) is 49.0 Å². The maximum atomic E-state index is 11.9.